The molecule has 3 rings (SSSR count). The molecule has 3 N–H and O–H groups in total. The molecule has 0 radical (unpaired) electrons. The van der Waals surface area contributed by atoms with Crippen molar-refractivity contribution in [3.05, 3.63) is 64.2 Å². The van der Waals surface area contributed by atoms with Crippen LogP contribution in [-0.4, -0.2) is 11.7 Å². The number of rotatable bonds is 5. The van der Waals surface area contributed by atoms with Gasteiger partial charge in [0.15, 0.2) is 5.78 Å². The van der Waals surface area contributed by atoms with Crippen LogP contribution >= 0.6 is 12.4 Å². The van der Waals surface area contributed by atoms with Crippen molar-refractivity contribution in [2.75, 3.05) is 5.73 Å². The Labute approximate surface area is 166 Å². The summed E-state index contributed by atoms with van der Waals surface area (Å²) in [5.41, 5.74) is 11.7. The molecular formula is C22H27ClN2O2. The van der Waals surface area contributed by atoms with Gasteiger partial charge in [-0.3, -0.25) is 9.59 Å². The topological polar surface area (TPSA) is 72.2 Å². The van der Waals surface area contributed by atoms with Gasteiger partial charge in [0.25, 0.3) is 0 Å². The average Bonchev–Trinajstić information content (AvgIpc) is 2.61. The van der Waals surface area contributed by atoms with Gasteiger partial charge in [-0.05, 0) is 68.0 Å². The molecule has 0 spiro atoms. The third kappa shape index (κ3) is 5.10. The van der Waals surface area contributed by atoms with Crippen LogP contribution in [0.1, 0.15) is 64.3 Å². The normalized spacial score (nSPS) is 15.4. The van der Waals surface area contributed by atoms with Gasteiger partial charge in [0.2, 0.25) is 5.91 Å². The van der Waals surface area contributed by atoms with Crippen molar-refractivity contribution in [2.24, 2.45) is 0 Å². The minimum atomic E-state index is -0.0710. The Balaban J connectivity index is 0.00000261. The van der Waals surface area contributed by atoms with Gasteiger partial charge in [-0.2, -0.15) is 0 Å². The summed E-state index contributed by atoms with van der Waals surface area (Å²) >= 11 is 0. The Kier molecular flexibility index (Phi) is 7.03. The summed E-state index contributed by atoms with van der Waals surface area (Å²) in [6.07, 6.45) is 3.40. The number of aryl methyl sites for hydroxylation is 3. The van der Waals surface area contributed by atoms with E-state index in [-0.39, 0.29) is 43.0 Å². The Morgan fingerprint density at radius 1 is 1.11 bits per heavy atom. The Morgan fingerprint density at radius 3 is 2.67 bits per heavy atom. The van der Waals surface area contributed by atoms with E-state index in [1.807, 2.05) is 50.2 Å². The number of carbonyl (C=O) groups is 2. The highest BCUT2D eigenvalue weighted by Crippen LogP contribution is 2.31. The first kappa shape index (κ1) is 21.0. The fourth-order valence-electron chi connectivity index (χ4n) is 3.65. The zero-order valence-electron chi connectivity index (χ0n) is 15.9. The van der Waals surface area contributed by atoms with E-state index >= 15 is 0 Å². The first-order valence-electron chi connectivity index (χ1n) is 9.22. The molecule has 27 heavy (non-hydrogen) atoms. The molecule has 1 aliphatic carbocycles. The first-order chi connectivity index (χ1) is 12.4. The van der Waals surface area contributed by atoms with Crippen molar-refractivity contribution >= 4 is 29.8 Å². The van der Waals surface area contributed by atoms with Crippen LogP contribution in [0.3, 0.4) is 0 Å². The molecule has 0 saturated heterocycles. The predicted molar refractivity (Wildman–Crippen MR) is 111 cm³/mol. The van der Waals surface area contributed by atoms with Gasteiger partial charge in [0.05, 0.1) is 6.04 Å². The lowest BCUT2D eigenvalue weighted by Crippen LogP contribution is -2.31. The standard InChI is InChI=1S/C22H26N2O2.ClH/c1-14-6-7-15(2)19(12-14)21(25)10-11-22(26)24-20-5-3-4-16-13-17(23)8-9-18(16)20;/h6-9,12-13,20H,3-5,10-11,23H2,1-2H3,(H,24,26);1H. The fraction of sp³-hybridized carbons (Fsp3) is 0.364. The molecule has 144 valence electrons. The lowest BCUT2D eigenvalue weighted by Gasteiger charge is -2.26. The van der Waals surface area contributed by atoms with Gasteiger partial charge in [-0.25, -0.2) is 0 Å². The van der Waals surface area contributed by atoms with Crippen LogP contribution in [0.15, 0.2) is 36.4 Å². The van der Waals surface area contributed by atoms with Gasteiger partial charge in [0, 0.05) is 24.1 Å². The number of ketones is 1. The SMILES string of the molecule is Cc1ccc(C)c(C(=O)CCC(=O)NC2CCCc3cc(N)ccc32)c1.Cl. The number of hydrogen-bond donors (Lipinski definition) is 2. The van der Waals surface area contributed by atoms with Crippen LogP contribution in [0, 0.1) is 13.8 Å². The molecular weight excluding hydrogens is 360 g/mol. The first-order valence-corrected chi connectivity index (χ1v) is 9.22. The number of Topliss-reactive ketones (excluding diaryl/α,β-unsaturated/α-hetero) is 1. The van der Waals surface area contributed by atoms with E-state index in [1.54, 1.807) is 0 Å². The lowest BCUT2D eigenvalue weighted by molar-refractivity contribution is -0.121. The van der Waals surface area contributed by atoms with Crippen molar-refractivity contribution in [2.45, 2.75) is 52.0 Å². The minimum absolute atomic E-state index is 0. The maximum Gasteiger partial charge on any atom is 0.220 e. The molecule has 5 heteroatoms. The molecule has 0 aromatic heterocycles. The number of nitrogens with two attached hydrogens (primary N) is 1. The molecule has 1 amide bonds. The zero-order valence-corrected chi connectivity index (χ0v) is 16.7. The lowest BCUT2D eigenvalue weighted by atomic mass is 9.87. The maximum absolute atomic E-state index is 12.5. The molecule has 0 heterocycles. The Bertz CT molecular complexity index is 848. The van der Waals surface area contributed by atoms with Crippen molar-refractivity contribution in [3.8, 4) is 0 Å². The number of amides is 1. The molecule has 0 aliphatic heterocycles. The van der Waals surface area contributed by atoms with Gasteiger partial charge < -0.3 is 11.1 Å². The molecule has 1 unspecified atom stereocenters. The van der Waals surface area contributed by atoms with Crippen LogP contribution in [0.25, 0.3) is 0 Å². The van der Waals surface area contributed by atoms with E-state index in [0.717, 1.165) is 47.2 Å². The summed E-state index contributed by atoms with van der Waals surface area (Å²) in [6.45, 7) is 3.90. The number of fused-ring (bicyclic) bond motifs is 1. The highest BCUT2D eigenvalue weighted by molar-refractivity contribution is 5.99. The molecule has 2 aromatic rings. The van der Waals surface area contributed by atoms with Gasteiger partial charge in [-0.15, -0.1) is 12.4 Å². The number of hydrogen-bond acceptors (Lipinski definition) is 3. The molecule has 1 atom stereocenters. The van der Waals surface area contributed by atoms with Crippen LogP contribution in [-0.2, 0) is 11.2 Å². The number of nitrogens with one attached hydrogen (secondary N) is 1. The molecule has 0 fully saturated rings. The Morgan fingerprint density at radius 2 is 1.89 bits per heavy atom. The fourth-order valence-corrected chi connectivity index (χ4v) is 3.65. The van der Waals surface area contributed by atoms with Gasteiger partial charge in [-0.1, -0.05) is 23.8 Å². The Hall–Kier alpha value is -2.33. The van der Waals surface area contributed by atoms with Crippen LogP contribution in [0.4, 0.5) is 5.69 Å². The quantitative estimate of drug-likeness (QED) is 0.588. The summed E-state index contributed by atoms with van der Waals surface area (Å²) < 4.78 is 0. The summed E-state index contributed by atoms with van der Waals surface area (Å²) in [7, 11) is 0. The highest BCUT2D eigenvalue weighted by atomic mass is 35.5. The van der Waals surface area contributed by atoms with E-state index in [0.29, 0.717) is 0 Å². The third-order valence-corrected chi connectivity index (χ3v) is 5.09. The monoisotopic (exact) mass is 386 g/mol. The molecule has 0 bridgehead atoms. The maximum atomic E-state index is 12.5. The predicted octanol–water partition coefficient (Wildman–Crippen LogP) is 4.46. The number of anilines is 1. The molecule has 4 nitrogen and oxygen atoms in total. The summed E-state index contributed by atoms with van der Waals surface area (Å²) in [6, 6.07) is 11.8. The van der Waals surface area contributed by atoms with Crippen molar-refractivity contribution < 1.29 is 9.59 Å². The number of halogens is 1. The van der Waals surface area contributed by atoms with Gasteiger partial charge in [0.1, 0.15) is 0 Å². The molecule has 2 aromatic carbocycles. The van der Waals surface area contributed by atoms with Crippen molar-refractivity contribution in [1.82, 2.24) is 5.32 Å². The summed E-state index contributed by atoms with van der Waals surface area (Å²) in [4.78, 5) is 24.8. The van der Waals surface area contributed by atoms with Crippen molar-refractivity contribution in [3.63, 3.8) is 0 Å². The van der Waals surface area contributed by atoms with E-state index in [9.17, 15) is 9.59 Å². The third-order valence-electron chi connectivity index (χ3n) is 5.09. The number of benzene rings is 2. The van der Waals surface area contributed by atoms with E-state index in [1.165, 1.54) is 5.56 Å². The minimum Gasteiger partial charge on any atom is -0.399 e. The van der Waals surface area contributed by atoms with Crippen LogP contribution in [0.2, 0.25) is 0 Å². The number of nitrogen functional groups attached to an aromatic ring is 1. The second kappa shape index (κ2) is 9.05. The van der Waals surface area contributed by atoms with Crippen LogP contribution in [0.5, 0.6) is 0 Å². The van der Waals surface area contributed by atoms with Gasteiger partial charge >= 0.3 is 0 Å². The highest BCUT2D eigenvalue weighted by Gasteiger charge is 2.22. The second-order valence-electron chi connectivity index (χ2n) is 7.21. The second-order valence-corrected chi connectivity index (χ2v) is 7.21. The summed E-state index contributed by atoms with van der Waals surface area (Å²) in [5, 5.41) is 3.10. The summed E-state index contributed by atoms with van der Waals surface area (Å²) in [5.74, 6) is -0.0449. The van der Waals surface area contributed by atoms with E-state index in [2.05, 4.69) is 5.32 Å². The number of carbonyl (C=O) groups excluding carboxylic acids is 2. The van der Waals surface area contributed by atoms with Crippen LogP contribution < -0.4 is 11.1 Å². The average molecular weight is 387 g/mol. The van der Waals surface area contributed by atoms with E-state index in [4.69, 9.17) is 5.73 Å². The van der Waals surface area contributed by atoms with Crippen molar-refractivity contribution in [1.29, 1.82) is 0 Å². The smallest absolute Gasteiger partial charge is 0.220 e. The van der Waals surface area contributed by atoms with E-state index < -0.39 is 0 Å². The molecule has 0 saturated carbocycles. The largest absolute Gasteiger partial charge is 0.399 e. The zero-order chi connectivity index (χ0) is 18.7. The molecule has 1 aliphatic rings.